The van der Waals surface area contributed by atoms with Gasteiger partial charge in [-0.25, -0.2) is 15.0 Å². The second kappa shape index (κ2) is 7.25. The fraction of sp³-hybridized carbons (Fsp3) is 0.333. The molecule has 6 nitrogen and oxygen atoms in total. The summed E-state index contributed by atoms with van der Waals surface area (Å²) in [6, 6.07) is 0. The Balaban J connectivity index is 1.82. The first-order valence-corrected chi connectivity index (χ1v) is 7.61. The van der Waals surface area contributed by atoms with Crippen LogP contribution in [0.15, 0.2) is 30.1 Å². The molecule has 8 heteroatoms. The van der Waals surface area contributed by atoms with Crippen molar-refractivity contribution in [2.24, 2.45) is 0 Å². The molecule has 0 bridgehead atoms. The summed E-state index contributed by atoms with van der Waals surface area (Å²) < 4.78 is 1.95. The number of amides is 1. The van der Waals surface area contributed by atoms with E-state index in [1.54, 1.807) is 12.5 Å². The van der Waals surface area contributed by atoms with Gasteiger partial charge in [0, 0.05) is 31.7 Å². The van der Waals surface area contributed by atoms with Crippen molar-refractivity contribution >= 4 is 29.3 Å². The van der Waals surface area contributed by atoms with Crippen molar-refractivity contribution in [1.82, 2.24) is 24.8 Å². The molecule has 1 amide bonds. The van der Waals surface area contributed by atoms with E-state index < -0.39 is 0 Å². The van der Waals surface area contributed by atoms with Crippen LogP contribution in [0.1, 0.15) is 16.8 Å². The van der Waals surface area contributed by atoms with E-state index in [1.165, 1.54) is 18.0 Å². The Kier molecular flexibility index (Phi) is 5.37. The van der Waals surface area contributed by atoms with Crippen LogP contribution in [0.2, 0.25) is 5.15 Å². The van der Waals surface area contributed by atoms with Crippen LogP contribution < -0.4 is 5.32 Å². The highest BCUT2D eigenvalue weighted by molar-refractivity contribution is 7.98. The van der Waals surface area contributed by atoms with Gasteiger partial charge in [0.05, 0.1) is 11.9 Å². The van der Waals surface area contributed by atoms with Crippen LogP contribution in [0.4, 0.5) is 0 Å². The predicted molar refractivity (Wildman–Crippen MR) is 78.0 cm³/mol. The van der Waals surface area contributed by atoms with E-state index in [2.05, 4.69) is 20.3 Å². The number of thioether (sulfide) groups is 1. The van der Waals surface area contributed by atoms with E-state index >= 15 is 0 Å². The number of nitrogens with one attached hydrogen (secondary N) is 1. The lowest BCUT2D eigenvalue weighted by Gasteiger charge is -2.07. The minimum absolute atomic E-state index is 0.177. The summed E-state index contributed by atoms with van der Waals surface area (Å²) in [6.45, 7) is 1.35. The number of halogens is 1. The molecule has 0 saturated heterocycles. The molecular weight excluding hydrogens is 298 g/mol. The molecule has 2 heterocycles. The van der Waals surface area contributed by atoms with E-state index in [1.807, 2.05) is 17.0 Å². The van der Waals surface area contributed by atoms with E-state index in [0.717, 1.165) is 13.0 Å². The number of hydrogen-bond donors (Lipinski definition) is 1. The Morgan fingerprint density at radius 2 is 2.40 bits per heavy atom. The maximum atomic E-state index is 11.9. The van der Waals surface area contributed by atoms with Gasteiger partial charge < -0.3 is 9.88 Å². The van der Waals surface area contributed by atoms with Gasteiger partial charge in [0.1, 0.15) is 5.15 Å². The monoisotopic (exact) mass is 311 g/mol. The second-order valence-corrected chi connectivity index (χ2v) is 5.10. The average molecular weight is 312 g/mol. The van der Waals surface area contributed by atoms with Gasteiger partial charge >= 0.3 is 0 Å². The van der Waals surface area contributed by atoms with Gasteiger partial charge in [0.2, 0.25) is 0 Å². The maximum absolute atomic E-state index is 11.9. The first-order valence-electron chi connectivity index (χ1n) is 6.01. The molecule has 0 spiro atoms. The molecule has 2 aromatic heterocycles. The quantitative estimate of drug-likeness (QED) is 0.381. The molecule has 0 radical (unpaired) electrons. The van der Waals surface area contributed by atoms with Crippen LogP contribution in [0.25, 0.3) is 0 Å². The standard InChI is InChI=1S/C12H14ClN5OS/c1-20-12-16-7-9(10(13)17-12)11(19)15-3-2-5-18-6-4-14-8-18/h4,6-8H,2-3,5H2,1H3,(H,15,19). The summed E-state index contributed by atoms with van der Waals surface area (Å²) in [7, 11) is 0. The summed E-state index contributed by atoms with van der Waals surface area (Å²) in [5.74, 6) is -0.256. The van der Waals surface area contributed by atoms with Gasteiger partial charge in [0.15, 0.2) is 5.16 Å². The highest BCUT2D eigenvalue weighted by atomic mass is 35.5. The first-order chi connectivity index (χ1) is 9.70. The molecule has 0 atom stereocenters. The van der Waals surface area contributed by atoms with E-state index in [4.69, 9.17) is 11.6 Å². The highest BCUT2D eigenvalue weighted by Crippen LogP contribution is 2.16. The summed E-state index contributed by atoms with van der Waals surface area (Å²) in [4.78, 5) is 23.9. The van der Waals surface area contributed by atoms with Crippen LogP contribution in [0.3, 0.4) is 0 Å². The number of carbonyl (C=O) groups is 1. The number of aryl methyl sites for hydroxylation is 1. The molecular formula is C12H14ClN5OS. The first kappa shape index (κ1) is 14.8. The van der Waals surface area contributed by atoms with E-state index in [0.29, 0.717) is 17.3 Å². The minimum atomic E-state index is -0.256. The summed E-state index contributed by atoms with van der Waals surface area (Å²) in [6.07, 6.45) is 9.46. The molecule has 0 saturated carbocycles. The van der Waals surface area contributed by atoms with E-state index in [-0.39, 0.29) is 11.1 Å². The lowest BCUT2D eigenvalue weighted by atomic mass is 10.3. The van der Waals surface area contributed by atoms with Crippen LogP contribution in [0, 0.1) is 0 Å². The lowest BCUT2D eigenvalue weighted by molar-refractivity contribution is 0.0952. The molecule has 0 aromatic carbocycles. The van der Waals surface area contributed by atoms with Gasteiger partial charge in [-0.05, 0) is 12.7 Å². The third-order valence-electron chi connectivity index (χ3n) is 2.59. The molecule has 2 aromatic rings. The Morgan fingerprint density at radius 1 is 1.55 bits per heavy atom. The molecule has 0 aliphatic carbocycles. The third-order valence-corrected chi connectivity index (χ3v) is 3.44. The minimum Gasteiger partial charge on any atom is -0.352 e. The fourth-order valence-electron chi connectivity index (χ4n) is 1.57. The van der Waals surface area contributed by atoms with Crippen LogP contribution in [-0.2, 0) is 6.54 Å². The molecule has 1 N–H and O–H groups in total. The van der Waals surface area contributed by atoms with Gasteiger partial charge in [0.25, 0.3) is 5.91 Å². The van der Waals surface area contributed by atoms with Crippen LogP contribution in [0.5, 0.6) is 0 Å². The molecule has 20 heavy (non-hydrogen) atoms. The lowest BCUT2D eigenvalue weighted by Crippen LogP contribution is -2.26. The molecule has 2 rings (SSSR count). The van der Waals surface area contributed by atoms with Gasteiger partial charge in [-0.2, -0.15) is 0 Å². The van der Waals surface area contributed by atoms with Crippen molar-refractivity contribution in [3.05, 3.63) is 35.6 Å². The van der Waals surface area contributed by atoms with Crippen molar-refractivity contribution in [2.75, 3.05) is 12.8 Å². The summed E-state index contributed by atoms with van der Waals surface area (Å²) in [5, 5.41) is 3.52. The van der Waals surface area contributed by atoms with Crippen molar-refractivity contribution < 1.29 is 4.79 Å². The number of carbonyl (C=O) groups excluding carboxylic acids is 1. The predicted octanol–water partition coefficient (Wildman–Crippen LogP) is 1.87. The Bertz CT molecular complexity index is 575. The second-order valence-electron chi connectivity index (χ2n) is 3.97. The number of nitrogens with zero attached hydrogens (tertiary/aromatic N) is 4. The number of rotatable bonds is 6. The molecule has 0 aliphatic heterocycles. The zero-order valence-corrected chi connectivity index (χ0v) is 12.5. The smallest absolute Gasteiger partial charge is 0.255 e. The van der Waals surface area contributed by atoms with Gasteiger partial charge in [-0.3, -0.25) is 4.79 Å². The number of hydrogen-bond acceptors (Lipinski definition) is 5. The van der Waals surface area contributed by atoms with Crippen molar-refractivity contribution in [1.29, 1.82) is 0 Å². The molecule has 0 unspecified atom stereocenters. The summed E-state index contributed by atoms with van der Waals surface area (Å²) in [5.41, 5.74) is 0.298. The largest absolute Gasteiger partial charge is 0.352 e. The van der Waals surface area contributed by atoms with Gasteiger partial charge in [-0.15, -0.1) is 0 Å². The number of aromatic nitrogens is 4. The zero-order valence-electron chi connectivity index (χ0n) is 10.9. The third kappa shape index (κ3) is 3.94. The van der Waals surface area contributed by atoms with E-state index in [9.17, 15) is 4.79 Å². The van der Waals surface area contributed by atoms with Crippen LogP contribution >= 0.6 is 23.4 Å². The summed E-state index contributed by atoms with van der Waals surface area (Å²) >= 11 is 7.34. The van der Waals surface area contributed by atoms with Crippen LogP contribution in [-0.4, -0.2) is 38.2 Å². The van der Waals surface area contributed by atoms with Crippen molar-refractivity contribution in [3.63, 3.8) is 0 Å². The fourth-order valence-corrected chi connectivity index (χ4v) is 2.18. The number of imidazole rings is 1. The van der Waals surface area contributed by atoms with Gasteiger partial charge in [-0.1, -0.05) is 23.4 Å². The topological polar surface area (TPSA) is 72.7 Å². The molecule has 0 aliphatic rings. The SMILES string of the molecule is CSc1ncc(C(=O)NCCCn2ccnc2)c(Cl)n1. The molecule has 0 fully saturated rings. The average Bonchev–Trinajstić information content (AvgIpc) is 2.96. The zero-order chi connectivity index (χ0) is 14.4. The Hall–Kier alpha value is -1.60. The van der Waals surface area contributed by atoms with Crippen molar-refractivity contribution in [3.8, 4) is 0 Å². The highest BCUT2D eigenvalue weighted by Gasteiger charge is 2.12. The maximum Gasteiger partial charge on any atom is 0.255 e. The Labute approximate surface area is 126 Å². The normalized spacial score (nSPS) is 10.5. The Morgan fingerprint density at radius 3 is 3.05 bits per heavy atom. The van der Waals surface area contributed by atoms with Crippen molar-refractivity contribution in [2.45, 2.75) is 18.1 Å². The molecule has 106 valence electrons.